The lowest BCUT2D eigenvalue weighted by Gasteiger charge is -2.30. The Morgan fingerprint density at radius 2 is 0.887 bits per heavy atom. The second-order valence-electron chi connectivity index (χ2n) is 15.8. The number of anilines is 3. The second-order valence-corrected chi connectivity index (χ2v) is 15.8. The number of fused-ring (bicyclic) bond motifs is 7. The maximum absolute atomic E-state index is 2.46. The Hall–Kier alpha value is -6.12. The first-order valence-corrected chi connectivity index (χ1v) is 18.8. The molecule has 2 aliphatic carbocycles. The molecular weight excluding hydrogens is 641 g/mol. The molecule has 0 N–H and O–H groups in total. The van der Waals surface area contributed by atoms with Gasteiger partial charge in [0.15, 0.2) is 0 Å². The number of hydrogen-bond acceptors (Lipinski definition) is 1. The molecule has 2 heteroatoms. The van der Waals surface area contributed by atoms with Crippen molar-refractivity contribution in [2.24, 2.45) is 7.05 Å². The molecule has 1 aromatic heterocycles. The van der Waals surface area contributed by atoms with Crippen LogP contribution in [0.15, 0.2) is 164 Å². The van der Waals surface area contributed by atoms with Crippen LogP contribution in [0.5, 0.6) is 0 Å². The van der Waals surface area contributed by atoms with E-state index in [1.165, 1.54) is 89.2 Å². The van der Waals surface area contributed by atoms with E-state index in [9.17, 15) is 0 Å². The fourth-order valence-electron chi connectivity index (χ4n) is 9.51. The second kappa shape index (κ2) is 11.4. The van der Waals surface area contributed by atoms with Crippen LogP contribution in [0.4, 0.5) is 17.1 Å². The normalized spacial score (nSPS) is 14.4. The van der Waals surface area contributed by atoms with Gasteiger partial charge in [0, 0.05) is 51.4 Å². The molecule has 1 heterocycles. The largest absolute Gasteiger partial charge is 0.343 e. The van der Waals surface area contributed by atoms with Gasteiger partial charge in [-0.2, -0.15) is 0 Å². The first-order chi connectivity index (χ1) is 25.7. The highest BCUT2D eigenvalue weighted by atomic mass is 15.1. The summed E-state index contributed by atoms with van der Waals surface area (Å²) in [6, 6.07) is 60.8. The van der Waals surface area contributed by atoms with Crippen molar-refractivity contribution in [2.75, 3.05) is 4.90 Å². The number of para-hydroxylation sites is 1. The highest BCUT2D eigenvalue weighted by Crippen LogP contribution is 2.53. The lowest BCUT2D eigenvalue weighted by atomic mass is 9.82. The quantitative estimate of drug-likeness (QED) is 0.175. The summed E-state index contributed by atoms with van der Waals surface area (Å²) in [6.45, 7) is 9.46. The molecule has 0 aliphatic heterocycles. The maximum atomic E-state index is 2.46. The summed E-state index contributed by atoms with van der Waals surface area (Å²) in [7, 11) is 2.19. The van der Waals surface area contributed by atoms with Gasteiger partial charge in [-0.05, 0) is 98.1 Å². The molecule has 0 unspecified atom stereocenters. The highest BCUT2D eigenvalue weighted by Gasteiger charge is 2.37. The molecule has 256 valence electrons. The molecule has 10 rings (SSSR count). The van der Waals surface area contributed by atoms with Crippen LogP contribution in [0.3, 0.4) is 0 Å². The van der Waals surface area contributed by atoms with Crippen molar-refractivity contribution in [3.8, 4) is 44.6 Å². The van der Waals surface area contributed by atoms with Crippen LogP contribution in [-0.2, 0) is 17.9 Å². The number of benzene rings is 7. The van der Waals surface area contributed by atoms with E-state index in [1.807, 2.05) is 0 Å². The van der Waals surface area contributed by atoms with E-state index in [0.29, 0.717) is 0 Å². The number of hydrogen-bond donors (Lipinski definition) is 0. The van der Waals surface area contributed by atoms with E-state index in [2.05, 4.69) is 208 Å². The summed E-state index contributed by atoms with van der Waals surface area (Å²) < 4.78 is 2.34. The SMILES string of the molecule is Cn1c(-c2ccccc2)c(-c2ccc(N(c3ccc4c(c3)C(C)(C)c3ccccc3-4)c3ccc4c(c3)C(C)(C)c3ccccc3-4)cc2)c2ccccc21. The van der Waals surface area contributed by atoms with Gasteiger partial charge in [-0.1, -0.05) is 149 Å². The summed E-state index contributed by atoms with van der Waals surface area (Å²) in [5.74, 6) is 0. The fraction of sp³-hybridized carbons (Fsp3) is 0.137. The monoisotopic (exact) mass is 682 g/mol. The van der Waals surface area contributed by atoms with Gasteiger partial charge in [-0.3, -0.25) is 0 Å². The smallest absolute Gasteiger partial charge is 0.0568 e. The van der Waals surface area contributed by atoms with Crippen LogP contribution >= 0.6 is 0 Å². The van der Waals surface area contributed by atoms with Gasteiger partial charge in [0.2, 0.25) is 0 Å². The van der Waals surface area contributed by atoms with Crippen molar-refractivity contribution in [1.82, 2.24) is 4.57 Å². The molecule has 7 aromatic carbocycles. The highest BCUT2D eigenvalue weighted by molar-refractivity contribution is 6.05. The molecule has 2 aliphatic rings. The van der Waals surface area contributed by atoms with Crippen LogP contribution in [0.1, 0.15) is 49.9 Å². The van der Waals surface area contributed by atoms with E-state index in [1.54, 1.807) is 0 Å². The van der Waals surface area contributed by atoms with Crippen molar-refractivity contribution in [2.45, 2.75) is 38.5 Å². The Bertz CT molecular complexity index is 2620. The third-order valence-corrected chi connectivity index (χ3v) is 12.2. The topological polar surface area (TPSA) is 8.17 Å². The molecule has 2 nitrogen and oxygen atoms in total. The van der Waals surface area contributed by atoms with Crippen molar-refractivity contribution in [3.63, 3.8) is 0 Å². The Kier molecular flexibility index (Phi) is 6.82. The van der Waals surface area contributed by atoms with E-state index < -0.39 is 0 Å². The molecule has 8 aromatic rings. The van der Waals surface area contributed by atoms with Gasteiger partial charge in [-0.25, -0.2) is 0 Å². The molecule has 53 heavy (non-hydrogen) atoms. The van der Waals surface area contributed by atoms with Crippen LogP contribution in [0, 0.1) is 0 Å². The Morgan fingerprint density at radius 1 is 0.415 bits per heavy atom. The van der Waals surface area contributed by atoms with Crippen molar-refractivity contribution in [1.29, 1.82) is 0 Å². The van der Waals surface area contributed by atoms with Crippen LogP contribution in [0.25, 0.3) is 55.5 Å². The predicted octanol–water partition coefficient (Wildman–Crippen LogP) is 13.6. The lowest BCUT2D eigenvalue weighted by molar-refractivity contribution is 0.660. The van der Waals surface area contributed by atoms with E-state index in [0.717, 1.165) is 5.69 Å². The first-order valence-electron chi connectivity index (χ1n) is 18.8. The molecular formula is C51H42N2. The van der Waals surface area contributed by atoms with Crippen LogP contribution < -0.4 is 4.90 Å². The minimum Gasteiger partial charge on any atom is -0.343 e. The predicted molar refractivity (Wildman–Crippen MR) is 224 cm³/mol. The standard InChI is InChI=1S/C51H42N2/c1-50(2)43-20-12-9-17-38(43)40-29-27-36(31-45(40)50)53(37-28-30-41-39-18-10-13-21-44(39)51(3,4)46(41)32-37)35-25-23-33(24-26-35)48-42-19-11-14-22-47(42)52(5)49(48)34-15-7-6-8-16-34/h6-32H,1-5H3. The van der Waals surface area contributed by atoms with Gasteiger partial charge in [0.25, 0.3) is 0 Å². The number of nitrogens with zero attached hydrogens (tertiary/aromatic N) is 2. The summed E-state index contributed by atoms with van der Waals surface area (Å²) in [5, 5.41) is 1.26. The van der Waals surface area contributed by atoms with Crippen LogP contribution in [0.2, 0.25) is 0 Å². The average molecular weight is 683 g/mol. The summed E-state index contributed by atoms with van der Waals surface area (Å²) in [4.78, 5) is 2.46. The Balaban J connectivity index is 1.15. The minimum atomic E-state index is -0.0960. The van der Waals surface area contributed by atoms with Crippen molar-refractivity contribution >= 4 is 28.0 Å². The number of rotatable bonds is 5. The number of aromatic nitrogens is 1. The van der Waals surface area contributed by atoms with Gasteiger partial charge >= 0.3 is 0 Å². The molecule has 0 spiro atoms. The fourth-order valence-corrected chi connectivity index (χ4v) is 9.51. The minimum absolute atomic E-state index is 0.0960. The van der Waals surface area contributed by atoms with Gasteiger partial charge in [-0.15, -0.1) is 0 Å². The zero-order valence-corrected chi connectivity index (χ0v) is 31.0. The lowest BCUT2D eigenvalue weighted by Crippen LogP contribution is -2.18. The third-order valence-electron chi connectivity index (χ3n) is 12.2. The molecule has 0 saturated heterocycles. The molecule has 0 fully saturated rings. The average Bonchev–Trinajstić information content (AvgIpc) is 3.71. The molecule has 0 radical (unpaired) electrons. The summed E-state index contributed by atoms with van der Waals surface area (Å²) >= 11 is 0. The zero-order chi connectivity index (χ0) is 36.1. The summed E-state index contributed by atoms with van der Waals surface area (Å²) in [6.07, 6.45) is 0. The summed E-state index contributed by atoms with van der Waals surface area (Å²) in [5.41, 5.74) is 20.3. The Morgan fingerprint density at radius 3 is 1.47 bits per heavy atom. The van der Waals surface area contributed by atoms with Crippen molar-refractivity contribution < 1.29 is 0 Å². The molecule has 0 amide bonds. The van der Waals surface area contributed by atoms with Gasteiger partial charge < -0.3 is 9.47 Å². The van der Waals surface area contributed by atoms with E-state index >= 15 is 0 Å². The van der Waals surface area contributed by atoms with E-state index in [4.69, 9.17) is 0 Å². The third kappa shape index (κ3) is 4.58. The zero-order valence-electron chi connectivity index (χ0n) is 31.0. The van der Waals surface area contributed by atoms with Crippen LogP contribution in [-0.4, -0.2) is 4.57 Å². The number of aryl methyl sites for hydroxylation is 1. The Labute approximate surface area is 312 Å². The first kappa shape index (κ1) is 31.6. The maximum Gasteiger partial charge on any atom is 0.0568 e. The van der Waals surface area contributed by atoms with Gasteiger partial charge in [0.1, 0.15) is 0 Å². The van der Waals surface area contributed by atoms with E-state index in [-0.39, 0.29) is 10.8 Å². The molecule has 0 atom stereocenters. The van der Waals surface area contributed by atoms with Crippen molar-refractivity contribution in [3.05, 3.63) is 186 Å². The molecule has 0 bridgehead atoms. The van der Waals surface area contributed by atoms with Gasteiger partial charge in [0.05, 0.1) is 5.69 Å². The molecule has 0 saturated carbocycles.